The predicted octanol–water partition coefficient (Wildman–Crippen LogP) is 9.00. The number of nitrogens with zero attached hydrogens (tertiary/aromatic N) is 1. The van der Waals surface area contributed by atoms with E-state index in [1.807, 2.05) is 30.3 Å². The minimum absolute atomic E-state index is 0.318. The van der Waals surface area contributed by atoms with Crippen molar-refractivity contribution in [3.05, 3.63) is 133 Å². The molecular weight excluding hydrogens is 429 g/mol. The Morgan fingerprint density at radius 3 is 1.83 bits per heavy atom. The van der Waals surface area contributed by atoms with Crippen LogP contribution in [-0.4, -0.2) is 0 Å². The maximum atomic E-state index is 14.8. The van der Waals surface area contributed by atoms with Crippen LogP contribution in [0.1, 0.15) is 5.56 Å². The van der Waals surface area contributed by atoms with Crippen molar-refractivity contribution >= 4 is 21.5 Å². The summed E-state index contributed by atoms with van der Waals surface area (Å²) in [4.78, 5) is 0. The molecule has 6 aromatic rings. The second-order valence-electron chi connectivity index (χ2n) is 8.65. The summed E-state index contributed by atoms with van der Waals surface area (Å²) in [6, 6.07) is 42.3. The zero-order chi connectivity index (χ0) is 23.8. The molecule has 2 heteroatoms. The van der Waals surface area contributed by atoms with Gasteiger partial charge in [0.2, 0.25) is 0 Å². The zero-order valence-electron chi connectivity index (χ0n) is 18.9. The van der Waals surface area contributed by atoms with Crippen LogP contribution in [0.25, 0.3) is 54.9 Å². The van der Waals surface area contributed by atoms with E-state index in [0.29, 0.717) is 11.1 Å². The van der Waals surface area contributed by atoms with Gasteiger partial charge in [-0.2, -0.15) is 5.26 Å². The van der Waals surface area contributed by atoms with Crippen molar-refractivity contribution in [1.29, 1.82) is 5.26 Å². The SMILES string of the molecule is N#Cc1ccc(-c2ccc(-c3ccc(-c4ccc5ccccc5c4)cc3)c3ccccc23)c(F)c1. The van der Waals surface area contributed by atoms with Crippen molar-refractivity contribution in [2.24, 2.45) is 0 Å². The predicted molar refractivity (Wildman–Crippen MR) is 142 cm³/mol. The highest BCUT2D eigenvalue weighted by Crippen LogP contribution is 2.37. The average molecular weight is 450 g/mol. The van der Waals surface area contributed by atoms with Crippen LogP contribution in [0.2, 0.25) is 0 Å². The van der Waals surface area contributed by atoms with Crippen LogP contribution in [0.3, 0.4) is 0 Å². The van der Waals surface area contributed by atoms with E-state index in [-0.39, 0.29) is 5.82 Å². The Morgan fingerprint density at radius 1 is 0.486 bits per heavy atom. The van der Waals surface area contributed by atoms with Crippen LogP contribution >= 0.6 is 0 Å². The van der Waals surface area contributed by atoms with E-state index in [2.05, 4.69) is 78.9 Å². The van der Waals surface area contributed by atoms with Crippen molar-refractivity contribution in [2.75, 3.05) is 0 Å². The zero-order valence-corrected chi connectivity index (χ0v) is 18.9. The fourth-order valence-electron chi connectivity index (χ4n) is 4.80. The van der Waals surface area contributed by atoms with Crippen molar-refractivity contribution in [3.8, 4) is 39.4 Å². The van der Waals surface area contributed by atoms with Crippen molar-refractivity contribution < 1.29 is 4.39 Å². The summed E-state index contributed by atoms with van der Waals surface area (Å²) in [5.74, 6) is -0.387. The normalized spacial score (nSPS) is 11.0. The highest BCUT2D eigenvalue weighted by molar-refractivity contribution is 6.05. The van der Waals surface area contributed by atoms with Gasteiger partial charge in [0.25, 0.3) is 0 Å². The summed E-state index contributed by atoms with van der Waals surface area (Å²) in [6.45, 7) is 0. The highest BCUT2D eigenvalue weighted by atomic mass is 19.1. The molecule has 35 heavy (non-hydrogen) atoms. The molecule has 0 amide bonds. The molecule has 0 aliphatic rings. The fourth-order valence-corrected chi connectivity index (χ4v) is 4.80. The molecule has 0 radical (unpaired) electrons. The molecule has 0 unspecified atom stereocenters. The van der Waals surface area contributed by atoms with Crippen molar-refractivity contribution in [3.63, 3.8) is 0 Å². The first-order valence-corrected chi connectivity index (χ1v) is 11.5. The molecule has 6 aromatic carbocycles. The first kappa shape index (κ1) is 20.8. The molecule has 164 valence electrons. The van der Waals surface area contributed by atoms with E-state index < -0.39 is 0 Å². The quantitative estimate of drug-likeness (QED) is 0.264. The molecule has 0 aliphatic heterocycles. The van der Waals surface area contributed by atoms with Gasteiger partial charge in [0.05, 0.1) is 11.6 Å². The van der Waals surface area contributed by atoms with Gasteiger partial charge < -0.3 is 0 Å². The lowest BCUT2D eigenvalue weighted by Crippen LogP contribution is -1.90. The van der Waals surface area contributed by atoms with Gasteiger partial charge in [-0.3, -0.25) is 0 Å². The lowest BCUT2D eigenvalue weighted by molar-refractivity contribution is 0.631. The summed E-state index contributed by atoms with van der Waals surface area (Å²) in [7, 11) is 0. The lowest BCUT2D eigenvalue weighted by atomic mass is 9.91. The van der Waals surface area contributed by atoms with Gasteiger partial charge in [-0.15, -0.1) is 0 Å². The Morgan fingerprint density at radius 2 is 1.09 bits per heavy atom. The molecule has 0 saturated heterocycles. The smallest absolute Gasteiger partial charge is 0.132 e. The van der Waals surface area contributed by atoms with E-state index in [0.717, 1.165) is 27.5 Å². The third-order valence-corrected chi connectivity index (χ3v) is 6.59. The number of nitriles is 1. The molecule has 0 saturated carbocycles. The van der Waals surface area contributed by atoms with Gasteiger partial charge in [0.1, 0.15) is 5.82 Å². The Balaban J connectivity index is 1.42. The van der Waals surface area contributed by atoms with Crippen LogP contribution in [0.4, 0.5) is 4.39 Å². The van der Waals surface area contributed by atoms with Crippen molar-refractivity contribution in [1.82, 2.24) is 0 Å². The van der Waals surface area contributed by atoms with Gasteiger partial charge in [0.15, 0.2) is 0 Å². The molecule has 0 heterocycles. The summed E-state index contributed by atoms with van der Waals surface area (Å²) in [6.07, 6.45) is 0. The minimum Gasteiger partial charge on any atom is -0.206 e. The van der Waals surface area contributed by atoms with Gasteiger partial charge in [0, 0.05) is 5.56 Å². The number of hydrogen-bond acceptors (Lipinski definition) is 1. The first-order chi connectivity index (χ1) is 17.2. The maximum absolute atomic E-state index is 14.8. The summed E-state index contributed by atoms with van der Waals surface area (Å²) < 4.78 is 14.8. The van der Waals surface area contributed by atoms with Crippen LogP contribution in [0.15, 0.2) is 121 Å². The number of fused-ring (bicyclic) bond motifs is 2. The Labute approximate surface area is 203 Å². The second kappa shape index (κ2) is 8.56. The van der Waals surface area contributed by atoms with E-state index >= 15 is 0 Å². The lowest BCUT2D eigenvalue weighted by Gasteiger charge is -2.13. The summed E-state index contributed by atoms with van der Waals surface area (Å²) in [5.41, 5.74) is 6.20. The van der Waals surface area contributed by atoms with E-state index in [1.54, 1.807) is 12.1 Å². The third kappa shape index (κ3) is 3.74. The topological polar surface area (TPSA) is 23.8 Å². The molecule has 0 atom stereocenters. The molecule has 0 spiro atoms. The maximum Gasteiger partial charge on any atom is 0.132 e. The molecular formula is C33H20FN. The second-order valence-corrected chi connectivity index (χ2v) is 8.65. The minimum atomic E-state index is -0.387. The Hall–Kier alpha value is -4.74. The number of benzene rings is 6. The number of rotatable bonds is 3. The van der Waals surface area contributed by atoms with Gasteiger partial charge in [-0.25, -0.2) is 4.39 Å². The van der Waals surface area contributed by atoms with Gasteiger partial charge in [-0.05, 0) is 67.6 Å². The van der Waals surface area contributed by atoms with Crippen LogP contribution in [-0.2, 0) is 0 Å². The number of halogens is 1. The summed E-state index contributed by atoms with van der Waals surface area (Å²) in [5, 5.41) is 13.6. The van der Waals surface area contributed by atoms with Crippen LogP contribution in [0, 0.1) is 17.1 Å². The molecule has 0 N–H and O–H groups in total. The van der Waals surface area contributed by atoms with Crippen LogP contribution in [0.5, 0.6) is 0 Å². The van der Waals surface area contributed by atoms with Crippen LogP contribution < -0.4 is 0 Å². The largest absolute Gasteiger partial charge is 0.206 e. The molecule has 1 nitrogen and oxygen atoms in total. The summed E-state index contributed by atoms with van der Waals surface area (Å²) >= 11 is 0. The monoisotopic (exact) mass is 449 g/mol. The fraction of sp³-hybridized carbons (Fsp3) is 0. The van der Waals surface area contributed by atoms with E-state index in [4.69, 9.17) is 5.26 Å². The van der Waals surface area contributed by atoms with E-state index in [9.17, 15) is 4.39 Å². The Bertz CT molecular complexity index is 1760. The first-order valence-electron chi connectivity index (χ1n) is 11.5. The average Bonchev–Trinajstić information content (AvgIpc) is 2.92. The van der Waals surface area contributed by atoms with Gasteiger partial charge >= 0.3 is 0 Å². The molecule has 6 rings (SSSR count). The molecule has 0 aliphatic carbocycles. The highest BCUT2D eigenvalue weighted by Gasteiger charge is 2.13. The van der Waals surface area contributed by atoms with Crippen molar-refractivity contribution in [2.45, 2.75) is 0 Å². The number of hydrogen-bond donors (Lipinski definition) is 0. The van der Waals surface area contributed by atoms with Gasteiger partial charge in [-0.1, -0.05) is 103 Å². The molecule has 0 bridgehead atoms. The molecule has 0 aromatic heterocycles. The standard InChI is InChI=1S/C33H20FN/c34-33-19-22(21-35)9-16-32(33)31-18-17-28(29-7-3-4-8-30(29)31)25-13-10-24(11-14-25)27-15-12-23-5-1-2-6-26(23)20-27/h1-20H. The molecule has 0 fully saturated rings. The third-order valence-electron chi connectivity index (χ3n) is 6.59. The Kier molecular flexibility index (Phi) is 5.09. The van der Waals surface area contributed by atoms with E-state index in [1.165, 1.54) is 28.0 Å².